The number of primary amides is 1. The SMILES string of the molecule is NC(=O)c1cccc(NCc2ccnc3[nH]ccc23)c1. The summed E-state index contributed by atoms with van der Waals surface area (Å²) in [7, 11) is 0. The molecule has 5 nitrogen and oxygen atoms in total. The van der Waals surface area contributed by atoms with Crippen molar-refractivity contribution < 1.29 is 4.79 Å². The molecule has 0 saturated carbocycles. The maximum Gasteiger partial charge on any atom is 0.248 e. The minimum absolute atomic E-state index is 0.425. The Bertz CT molecular complexity index is 763. The lowest BCUT2D eigenvalue weighted by atomic mass is 10.1. The van der Waals surface area contributed by atoms with E-state index < -0.39 is 5.91 Å². The number of nitrogens with two attached hydrogens (primary N) is 1. The van der Waals surface area contributed by atoms with Crippen LogP contribution in [-0.4, -0.2) is 15.9 Å². The number of hydrogen-bond donors (Lipinski definition) is 3. The van der Waals surface area contributed by atoms with Crippen molar-refractivity contribution in [1.82, 2.24) is 9.97 Å². The molecule has 20 heavy (non-hydrogen) atoms. The third-order valence-corrected chi connectivity index (χ3v) is 3.18. The van der Waals surface area contributed by atoms with Crippen molar-refractivity contribution in [1.29, 1.82) is 0 Å². The molecule has 0 aliphatic carbocycles. The Morgan fingerprint density at radius 2 is 2.20 bits per heavy atom. The molecule has 0 bridgehead atoms. The van der Waals surface area contributed by atoms with Crippen LogP contribution in [-0.2, 0) is 6.54 Å². The van der Waals surface area contributed by atoms with E-state index in [1.165, 1.54) is 0 Å². The summed E-state index contributed by atoms with van der Waals surface area (Å²) in [5.41, 5.74) is 8.64. The molecule has 0 aliphatic rings. The quantitative estimate of drug-likeness (QED) is 0.677. The monoisotopic (exact) mass is 266 g/mol. The second-order valence-electron chi connectivity index (χ2n) is 4.51. The van der Waals surface area contributed by atoms with Gasteiger partial charge in [-0.2, -0.15) is 0 Å². The van der Waals surface area contributed by atoms with Gasteiger partial charge >= 0.3 is 0 Å². The van der Waals surface area contributed by atoms with Gasteiger partial charge in [0.05, 0.1) is 0 Å². The largest absolute Gasteiger partial charge is 0.381 e. The van der Waals surface area contributed by atoms with Crippen molar-refractivity contribution in [2.45, 2.75) is 6.54 Å². The number of anilines is 1. The maximum absolute atomic E-state index is 11.1. The standard InChI is InChI=1S/C15H14N4O/c16-14(20)10-2-1-3-12(8-10)19-9-11-4-6-17-15-13(11)5-7-18-15/h1-8,19H,9H2,(H2,16,20)(H,17,18). The van der Waals surface area contributed by atoms with Crippen LogP contribution in [0.25, 0.3) is 11.0 Å². The number of H-pyrrole nitrogens is 1. The maximum atomic E-state index is 11.1. The van der Waals surface area contributed by atoms with Gasteiger partial charge in [-0.25, -0.2) is 4.98 Å². The molecule has 4 N–H and O–H groups in total. The van der Waals surface area contributed by atoms with Crippen LogP contribution in [0.15, 0.2) is 48.8 Å². The number of nitrogens with one attached hydrogen (secondary N) is 2. The number of fused-ring (bicyclic) bond motifs is 1. The number of rotatable bonds is 4. The Kier molecular flexibility index (Phi) is 3.09. The molecule has 0 aliphatic heterocycles. The molecule has 1 amide bonds. The van der Waals surface area contributed by atoms with Gasteiger partial charge in [-0.3, -0.25) is 4.79 Å². The molecule has 3 aromatic rings. The van der Waals surface area contributed by atoms with Crippen LogP contribution in [0.4, 0.5) is 5.69 Å². The van der Waals surface area contributed by atoms with Gasteiger partial charge in [0.1, 0.15) is 5.65 Å². The van der Waals surface area contributed by atoms with Gasteiger partial charge in [0, 0.05) is 35.6 Å². The zero-order valence-corrected chi connectivity index (χ0v) is 10.8. The fourth-order valence-electron chi connectivity index (χ4n) is 2.15. The van der Waals surface area contributed by atoms with Crippen molar-refractivity contribution in [3.05, 3.63) is 59.9 Å². The summed E-state index contributed by atoms with van der Waals surface area (Å²) < 4.78 is 0. The van der Waals surface area contributed by atoms with Crippen LogP contribution in [0.2, 0.25) is 0 Å². The fraction of sp³-hybridized carbons (Fsp3) is 0.0667. The molecular weight excluding hydrogens is 252 g/mol. The number of aromatic amines is 1. The van der Waals surface area contributed by atoms with Crippen LogP contribution in [0.3, 0.4) is 0 Å². The molecule has 2 aromatic heterocycles. The molecule has 5 heteroatoms. The number of amides is 1. The van der Waals surface area contributed by atoms with Gasteiger partial charge < -0.3 is 16.0 Å². The highest BCUT2D eigenvalue weighted by Crippen LogP contribution is 2.17. The predicted molar refractivity (Wildman–Crippen MR) is 78.4 cm³/mol. The van der Waals surface area contributed by atoms with Gasteiger partial charge in [0.2, 0.25) is 5.91 Å². The van der Waals surface area contributed by atoms with Crippen molar-refractivity contribution in [2.75, 3.05) is 5.32 Å². The summed E-state index contributed by atoms with van der Waals surface area (Å²) in [4.78, 5) is 18.5. The summed E-state index contributed by atoms with van der Waals surface area (Å²) in [6.45, 7) is 0.652. The van der Waals surface area contributed by atoms with Crippen LogP contribution < -0.4 is 11.1 Å². The first-order valence-corrected chi connectivity index (χ1v) is 6.29. The van der Waals surface area contributed by atoms with E-state index in [1.54, 1.807) is 24.4 Å². The van der Waals surface area contributed by atoms with Crippen LogP contribution >= 0.6 is 0 Å². The number of hydrogen-bond acceptors (Lipinski definition) is 3. The lowest BCUT2D eigenvalue weighted by Crippen LogP contribution is -2.11. The van der Waals surface area contributed by atoms with E-state index in [0.717, 1.165) is 22.3 Å². The topological polar surface area (TPSA) is 83.8 Å². The second kappa shape index (κ2) is 5.05. The molecule has 0 atom stereocenters. The van der Waals surface area contributed by atoms with E-state index in [-0.39, 0.29) is 0 Å². The highest BCUT2D eigenvalue weighted by Gasteiger charge is 2.04. The average Bonchev–Trinajstić information content (AvgIpc) is 2.94. The first kappa shape index (κ1) is 12.2. The Balaban J connectivity index is 1.81. The minimum Gasteiger partial charge on any atom is -0.381 e. The lowest BCUT2D eigenvalue weighted by Gasteiger charge is -2.08. The Morgan fingerprint density at radius 3 is 3.05 bits per heavy atom. The number of aromatic nitrogens is 2. The smallest absolute Gasteiger partial charge is 0.248 e. The van der Waals surface area contributed by atoms with Crippen molar-refractivity contribution >= 4 is 22.6 Å². The summed E-state index contributed by atoms with van der Waals surface area (Å²) in [6, 6.07) is 11.1. The number of carbonyl (C=O) groups excluding carboxylic acids is 1. The molecule has 2 heterocycles. The van der Waals surface area contributed by atoms with Gasteiger partial charge in [-0.1, -0.05) is 6.07 Å². The Hall–Kier alpha value is -2.82. The van der Waals surface area contributed by atoms with Crippen molar-refractivity contribution in [3.63, 3.8) is 0 Å². The molecule has 0 radical (unpaired) electrons. The van der Waals surface area contributed by atoms with E-state index in [2.05, 4.69) is 15.3 Å². The van der Waals surface area contributed by atoms with E-state index >= 15 is 0 Å². The summed E-state index contributed by atoms with van der Waals surface area (Å²) in [6.07, 6.45) is 3.64. The molecule has 0 unspecified atom stereocenters. The number of nitrogens with zero attached hydrogens (tertiary/aromatic N) is 1. The van der Waals surface area contributed by atoms with Gasteiger partial charge in [-0.05, 0) is 35.9 Å². The van der Waals surface area contributed by atoms with Gasteiger partial charge in [0.15, 0.2) is 0 Å². The average molecular weight is 266 g/mol. The highest BCUT2D eigenvalue weighted by molar-refractivity contribution is 5.93. The van der Waals surface area contributed by atoms with Crippen LogP contribution in [0.1, 0.15) is 15.9 Å². The summed E-state index contributed by atoms with van der Waals surface area (Å²) in [5.74, 6) is -0.425. The lowest BCUT2D eigenvalue weighted by molar-refractivity contribution is 0.100. The van der Waals surface area contributed by atoms with Crippen molar-refractivity contribution in [2.24, 2.45) is 5.73 Å². The second-order valence-corrected chi connectivity index (χ2v) is 4.51. The number of benzene rings is 1. The first-order valence-electron chi connectivity index (χ1n) is 6.29. The van der Waals surface area contributed by atoms with Crippen molar-refractivity contribution in [3.8, 4) is 0 Å². The molecule has 3 rings (SSSR count). The third kappa shape index (κ3) is 2.33. The fourth-order valence-corrected chi connectivity index (χ4v) is 2.15. The zero-order chi connectivity index (χ0) is 13.9. The molecule has 100 valence electrons. The summed E-state index contributed by atoms with van der Waals surface area (Å²) in [5, 5.41) is 4.38. The van der Waals surface area contributed by atoms with E-state index in [9.17, 15) is 4.79 Å². The highest BCUT2D eigenvalue weighted by atomic mass is 16.1. The molecule has 0 spiro atoms. The normalized spacial score (nSPS) is 10.6. The first-order chi connectivity index (χ1) is 9.74. The third-order valence-electron chi connectivity index (χ3n) is 3.18. The minimum atomic E-state index is -0.425. The summed E-state index contributed by atoms with van der Waals surface area (Å²) >= 11 is 0. The van der Waals surface area contributed by atoms with Crippen LogP contribution in [0, 0.1) is 0 Å². The molecular formula is C15H14N4O. The van der Waals surface area contributed by atoms with E-state index in [1.807, 2.05) is 24.4 Å². The predicted octanol–water partition coefficient (Wildman–Crippen LogP) is 2.27. The van der Waals surface area contributed by atoms with Gasteiger partial charge in [0.25, 0.3) is 0 Å². The zero-order valence-electron chi connectivity index (χ0n) is 10.8. The molecule has 0 fully saturated rings. The Labute approximate surface area is 115 Å². The number of carbonyl (C=O) groups is 1. The number of pyridine rings is 1. The van der Waals surface area contributed by atoms with E-state index in [4.69, 9.17) is 5.73 Å². The Morgan fingerprint density at radius 1 is 1.30 bits per heavy atom. The molecule has 1 aromatic carbocycles. The van der Waals surface area contributed by atoms with E-state index in [0.29, 0.717) is 12.1 Å². The molecule has 0 saturated heterocycles. The van der Waals surface area contributed by atoms with Crippen LogP contribution in [0.5, 0.6) is 0 Å². The van der Waals surface area contributed by atoms with Gasteiger partial charge in [-0.15, -0.1) is 0 Å².